The van der Waals surface area contributed by atoms with Gasteiger partial charge in [-0.2, -0.15) is 0 Å². The van der Waals surface area contributed by atoms with E-state index in [1.165, 1.54) is 0 Å². The molecule has 1 heterocycles. The van der Waals surface area contributed by atoms with Gasteiger partial charge in [-0.15, -0.1) is 0 Å². The number of carbonyl (C=O) groups is 3. The van der Waals surface area contributed by atoms with E-state index in [9.17, 15) is 14.4 Å². The first-order chi connectivity index (χ1) is 16.5. The SMILES string of the molecule is CCC[C@@]1(c2ccccc2)NC(=O)N(CC(=O)N(Cc2ccccc2)Cc2ccccc2)C1=O. The molecule has 1 aliphatic rings. The van der Waals surface area contributed by atoms with Crippen LogP contribution >= 0.6 is 0 Å². The van der Waals surface area contributed by atoms with Crippen molar-refractivity contribution in [1.82, 2.24) is 15.1 Å². The Balaban J connectivity index is 1.57. The molecule has 1 fully saturated rings. The zero-order valence-corrected chi connectivity index (χ0v) is 19.3. The van der Waals surface area contributed by atoms with Crippen LogP contribution in [0.15, 0.2) is 91.0 Å². The Bertz CT molecular complexity index is 1090. The van der Waals surface area contributed by atoms with Crippen molar-refractivity contribution in [2.75, 3.05) is 6.54 Å². The summed E-state index contributed by atoms with van der Waals surface area (Å²) < 4.78 is 0. The monoisotopic (exact) mass is 455 g/mol. The molecule has 0 saturated carbocycles. The third kappa shape index (κ3) is 4.86. The van der Waals surface area contributed by atoms with Crippen molar-refractivity contribution in [3.8, 4) is 0 Å². The number of imide groups is 1. The highest BCUT2D eigenvalue weighted by Crippen LogP contribution is 2.33. The highest BCUT2D eigenvalue weighted by molar-refractivity contribution is 6.09. The summed E-state index contributed by atoms with van der Waals surface area (Å²) in [6.45, 7) is 2.44. The van der Waals surface area contributed by atoms with E-state index in [2.05, 4.69) is 5.32 Å². The molecule has 0 radical (unpaired) electrons. The summed E-state index contributed by atoms with van der Waals surface area (Å²) in [6, 6.07) is 28.1. The molecule has 4 amide bonds. The molecule has 3 aromatic carbocycles. The quantitative estimate of drug-likeness (QED) is 0.484. The van der Waals surface area contributed by atoms with Crippen LogP contribution in [0.1, 0.15) is 36.5 Å². The molecule has 6 nitrogen and oxygen atoms in total. The molecule has 3 aromatic rings. The van der Waals surface area contributed by atoms with Gasteiger partial charge in [0.1, 0.15) is 12.1 Å². The largest absolute Gasteiger partial charge is 0.332 e. The van der Waals surface area contributed by atoms with Gasteiger partial charge in [-0.1, -0.05) is 104 Å². The standard InChI is InChI=1S/C28H29N3O3/c1-2-18-28(24-16-10-5-11-17-24)26(33)31(27(34)29-28)21-25(32)30(19-22-12-6-3-7-13-22)20-23-14-8-4-9-15-23/h3-17H,2,18-21H2,1H3,(H,29,34)/t28-/m0/s1. The summed E-state index contributed by atoms with van der Waals surface area (Å²) in [5.74, 6) is -0.658. The minimum atomic E-state index is -1.14. The minimum absolute atomic E-state index is 0.281. The summed E-state index contributed by atoms with van der Waals surface area (Å²) in [6.07, 6.45) is 1.17. The zero-order valence-electron chi connectivity index (χ0n) is 19.3. The zero-order chi connectivity index (χ0) is 24.0. The Morgan fingerprint density at radius 2 is 1.32 bits per heavy atom. The average Bonchev–Trinajstić information content (AvgIpc) is 3.10. The van der Waals surface area contributed by atoms with Gasteiger partial charge in [0, 0.05) is 13.1 Å². The van der Waals surface area contributed by atoms with Gasteiger partial charge in [-0.3, -0.25) is 14.5 Å². The second-order valence-corrected chi connectivity index (χ2v) is 8.56. The number of carbonyl (C=O) groups excluding carboxylic acids is 3. The van der Waals surface area contributed by atoms with Crippen LogP contribution < -0.4 is 5.32 Å². The van der Waals surface area contributed by atoms with Crippen LogP contribution in [0, 0.1) is 0 Å². The fraction of sp³-hybridized carbons (Fsp3) is 0.250. The van der Waals surface area contributed by atoms with Crippen LogP contribution in [-0.2, 0) is 28.2 Å². The van der Waals surface area contributed by atoms with Crippen molar-refractivity contribution in [3.63, 3.8) is 0 Å². The molecule has 174 valence electrons. The number of rotatable bonds is 9. The molecule has 0 unspecified atom stereocenters. The van der Waals surface area contributed by atoms with Gasteiger partial charge in [0.15, 0.2) is 0 Å². The van der Waals surface area contributed by atoms with Gasteiger partial charge < -0.3 is 10.2 Å². The summed E-state index contributed by atoms with van der Waals surface area (Å²) in [7, 11) is 0. The lowest BCUT2D eigenvalue weighted by atomic mass is 9.85. The van der Waals surface area contributed by atoms with Crippen molar-refractivity contribution in [1.29, 1.82) is 0 Å². The third-order valence-corrected chi connectivity index (χ3v) is 6.15. The van der Waals surface area contributed by atoms with Gasteiger partial charge in [0.2, 0.25) is 5.91 Å². The van der Waals surface area contributed by atoms with Gasteiger partial charge in [0.25, 0.3) is 5.91 Å². The lowest BCUT2D eigenvalue weighted by Gasteiger charge is -2.28. The number of urea groups is 1. The molecule has 0 aliphatic carbocycles. The molecule has 1 N–H and O–H groups in total. The fourth-order valence-electron chi connectivity index (χ4n) is 4.45. The maximum atomic E-state index is 13.6. The van der Waals surface area contributed by atoms with Crippen LogP contribution in [0.2, 0.25) is 0 Å². The first-order valence-corrected chi connectivity index (χ1v) is 11.6. The highest BCUT2D eigenvalue weighted by Gasteiger charge is 2.52. The highest BCUT2D eigenvalue weighted by atomic mass is 16.2. The van der Waals surface area contributed by atoms with Gasteiger partial charge in [0.05, 0.1) is 0 Å². The van der Waals surface area contributed by atoms with Gasteiger partial charge in [-0.05, 0) is 23.1 Å². The van der Waals surface area contributed by atoms with E-state index < -0.39 is 11.6 Å². The van der Waals surface area contributed by atoms with Crippen molar-refractivity contribution in [3.05, 3.63) is 108 Å². The first-order valence-electron chi connectivity index (χ1n) is 11.6. The molecule has 1 saturated heterocycles. The van der Waals surface area contributed by atoms with Crippen LogP contribution in [0.5, 0.6) is 0 Å². The number of nitrogens with one attached hydrogen (secondary N) is 1. The maximum absolute atomic E-state index is 13.6. The van der Waals surface area contributed by atoms with Crippen molar-refractivity contribution >= 4 is 17.8 Å². The minimum Gasteiger partial charge on any atom is -0.332 e. The number of hydrogen-bond acceptors (Lipinski definition) is 3. The van der Waals surface area contributed by atoms with E-state index in [-0.39, 0.29) is 18.4 Å². The third-order valence-electron chi connectivity index (χ3n) is 6.15. The predicted molar refractivity (Wildman–Crippen MR) is 130 cm³/mol. The molecule has 0 aromatic heterocycles. The Labute approximate surface area is 200 Å². The first kappa shape index (κ1) is 23.2. The maximum Gasteiger partial charge on any atom is 0.325 e. The molecule has 1 aliphatic heterocycles. The normalized spacial score (nSPS) is 17.5. The van der Waals surface area contributed by atoms with Crippen LogP contribution in [0.25, 0.3) is 0 Å². The summed E-state index contributed by atoms with van der Waals surface area (Å²) >= 11 is 0. The van der Waals surface area contributed by atoms with Gasteiger partial charge >= 0.3 is 6.03 Å². The topological polar surface area (TPSA) is 69.7 Å². The fourth-order valence-corrected chi connectivity index (χ4v) is 4.45. The van der Waals surface area contributed by atoms with Crippen molar-refractivity contribution in [2.24, 2.45) is 0 Å². The predicted octanol–water partition coefficient (Wildman–Crippen LogP) is 4.46. The molecular formula is C28H29N3O3. The lowest BCUT2D eigenvalue weighted by molar-refractivity contribution is -0.140. The molecular weight excluding hydrogens is 426 g/mol. The summed E-state index contributed by atoms with van der Waals surface area (Å²) in [5.41, 5.74) is 1.55. The van der Waals surface area contributed by atoms with E-state index in [0.29, 0.717) is 25.9 Å². The van der Waals surface area contributed by atoms with E-state index in [1.807, 2.05) is 97.9 Å². The number of benzene rings is 3. The Morgan fingerprint density at radius 3 is 1.82 bits per heavy atom. The van der Waals surface area contributed by atoms with Crippen LogP contribution in [0.3, 0.4) is 0 Å². The smallest absolute Gasteiger partial charge is 0.325 e. The molecule has 0 bridgehead atoms. The molecule has 6 heteroatoms. The van der Waals surface area contributed by atoms with E-state index in [4.69, 9.17) is 0 Å². The van der Waals surface area contributed by atoms with Gasteiger partial charge in [-0.25, -0.2) is 4.79 Å². The Morgan fingerprint density at radius 1 is 0.824 bits per heavy atom. The lowest BCUT2D eigenvalue weighted by Crippen LogP contribution is -2.45. The summed E-state index contributed by atoms with van der Waals surface area (Å²) in [4.78, 5) is 42.7. The number of hydrogen-bond donors (Lipinski definition) is 1. The Kier molecular flexibility index (Phi) is 7.07. The molecule has 34 heavy (non-hydrogen) atoms. The van der Waals surface area contributed by atoms with Crippen molar-refractivity contribution < 1.29 is 14.4 Å². The second-order valence-electron chi connectivity index (χ2n) is 8.56. The number of nitrogens with zero attached hydrogens (tertiary/aromatic N) is 2. The molecule has 0 spiro atoms. The van der Waals surface area contributed by atoms with E-state index in [1.54, 1.807) is 4.90 Å². The van der Waals surface area contributed by atoms with Crippen LogP contribution in [0.4, 0.5) is 4.79 Å². The van der Waals surface area contributed by atoms with Crippen molar-refractivity contribution in [2.45, 2.75) is 38.4 Å². The number of amides is 4. The molecule has 1 atom stereocenters. The van der Waals surface area contributed by atoms with Crippen LogP contribution in [-0.4, -0.2) is 34.2 Å². The summed E-state index contributed by atoms with van der Waals surface area (Å²) in [5, 5.41) is 2.89. The Hall–Kier alpha value is -3.93. The van der Waals surface area contributed by atoms with E-state index >= 15 is 0 Å². The second kappa shape index (κ2) is 10.3. The van der Waals surface area contributed by atoms with E-state index in [0.717, 1.165) is 21.6 Å². The average molecular weight is 456 g/mol. The molecule has 4 rings (SSSR count).